The third-order valence-electron chi connectivity index (χ3n) is 2.61. The fourth-order valence-corrected chi connectivity index (χ4v) is 2.58. The molecule has 0 unspecified atom stereocenters. The Bertz CT molecular complexity index is 574. The summed E-state index contributed by atoms with van der Waals surface area (Å²) in [6, 6.07) is 4.25. The van der Waals surface area contributed by atoms with E-state index in [1.54, 1.807) is 22.1 Å². The summed E-state index contributed by atoms with van der Waals surface area (Å²) in [4.78, 5) is 17.9. The Labute approximate surface area is 110 Å². The van der Waals surface area contributed by atoms with Gasteiger partial charge in [-0.2, -0.15) is 0 Å². The summed E-state index contributed by atoms with van der Waals surface area (Å²) in [6.45, 7) is 6.31. The average Bonchev–Trinajstić information content (AvgIpc) is 2.75. The number of thiophene rings is 1. The van der Waals surface area contributed by atoms with Gasteiger partial charge < -0.3 is 5.32 Å². The van der Waals surface area contributed by atoms with E-state index in [0.717, 1.165) is 18.7 Å². The lowest BCUT2D eigenvalue weighted by molar-refractivity contribution is 0.576. The summed E-state index contributed by atoms with van der Waals surface area (Å²) >= 11 is 1.80. The smallest absolute Gasteiger partial charge is 0.310 e. The Morgan fingerprint density at radius 3 is 2.94 bits per heavy atom. The average molecular weight is 263 g/mol. The highest BCUT2D eigenvalue weighted by Crippen LogP contribution is 2.14. The molecular formula is C13H17N3OS. The molecule has 0 saturated carbocycles. The highest BCUT2D eigenvalue weighted by Gasteiger charge is 1.98. The molecule has 2 aromatic heterocycles. The largest absolute Gasteiger partial charge is 0.347 e. The van der Waals surface area contributed by atoms with Crippen LogP contribution >= 0.6 is 11.3 Å². The number of aryl methyl sites for hydroxylation is 2. The number of nitrogens with one attached hydrogen (secondary N) is 1. The van der Waals surface area contributed by atoms with Gasteiger partial charge in [0.2, 0.25) is 0 Å². The van der Waals surface area contributed by atoms with E-state index in [1.807, 2.05) is 13.1 Å². The Morgan fingerprint density at radius 1 is 1.39 bits per heavy atom. The highest BCUT2D eigenvalue weighted by atomic mass is 32.1. The van der Waals surface area contributed by atoms with Gasteiger partial charge >= 0.3 is 5.69 Å². The van der Waals surface area contributed by atoms with Crippen LogP contribution in [0.3, 0.4) is 0 Å². The van der Waals surface area contributed by atoms with Gasteiger partial charge in [-0.1, -0.05) is 0 Å². The Balaban J connectivity index is 1.82. The molecule has 0 radical (unpaired) electrons. The van der Waals surface area contributed by atoms with Crippen LogP contribution in [0.4, 0.5) is 0 Å². The van der Waals surface area contributed by atoms with Gasteiger partial charge in [-0.3, -0.25) is 4.57 Å². The molecule has 0 fully saturated rings. The van der Waals surface area contributed by atoms with Crippen LogP contribution in [-0.4, -0.2) is 16.1 Å². The van der Waals surface area contributed by atoms with Crippen molar-refractivity contribution in [2.24, 2.45) is 0 Å². The zero-order valence-corrected chi connectivity index (χ0v) is 11.5. The van der Waals surface area contributed by atoms with E-state index < -0.39 is 0 Å². The van der Waals surface area contributed by atoms with Gasteiger partial charge in [-0.05, 0) is 31.5 Å². The van der Waals surface area contributed by atoms with E-state index in [-0.39, 0.29) is 5.69 Å². The lowest BCUT2D eigenvalue weighted by atomic mass is 10.4. The van der Waals surface area contributed by atoms with Gasteiger partial charge in [-0.15, -0.1) is 11.3 Å². The van der Waals surface area contributed by atoms with Crippen molar-refractivity contribution in [2.45, 2.75) is 26.9 Å². The van der Waals surface area contributed by atoms with E-state index in [2.05, 4.69) is 29.4 Å². The lowest BCUT2D eigenvalue weighted by Crippen LogP contribution is -2.28. The molecule has 0 aliphatic rings. The maximum absolute atomic E-state index is 11.5. The molecular weight excluding hydrogens is 246 g/mol. The molecule has 0 atom stereocenters. The normalized spacial score (nSPS) is 10.8. The minimum absolute atomic E-state index is 0.186. The molecule has 5 heteroatoms. The van der Waals surface area contributed by atoms with E-state index in [1.165, 1.54) is 9.75 Å². The summed E-state index contributed by atoms with van der Waals surface area (Å²) in [6.07, 6.45) is 3.44. The zero-order valence-electron chi connectivity index (χ0n) is 10.6. The molecule has 4 nitrogen and oxygen atoms in total. The molecule has 0 aliphatic carbocycles. The quantitative estimate of drug-likeness (QED) is 0.835. The van der Waals surface area contributed by atoms with Crippen LogP contribution in [0.15, 0.2) is 29.3 Å². The molecule has 2 aromatic rings. The first-order valence-corrected chi connectivity index (χ1v) is 6.76. The SMILES string of the molecule is Cc1cnc(=O)n(CCNCc2ccc(C)s2)c1. The molecule has 0 bridgehead atoms. The minimum Gasteiger partial charge on any atom is -0.310 e. The van der Waals surface area contributed by atoms with Crippen LogP contribution in [0.25, 0.3) is 0 Å². The van der Waals surface area contributed by atoms with Crippen LogP contribution < -0.4 is 11.0 Å². The van der Waals surface area contributed by atoms with Gasteiger partial charge in [-0.25, -0.2) is 9.78 Å². The number of hydrogen-bond donors (Lipinski definition) is 1. The van der Waals surface area contributed by atoms with E-state index in [0.29, 0.717) is 6.54 Å². The molecule has 18 heavy (non-hydrogen) atoms. The first-order valence-electron chi connectivity index (χ1n) is 5.94. The molecule has 1 N–H and O–H groups in total. The monoisotopic (exact) mass is 263 g/mol. The van der Waals surface area contributed by atoms with Crippen LogP contribution in [0.1, 0.15) is 15.3 Å². The van der Waals surface area contributed by atoms with Crippen LogP contribution in [0, 0.1) is 13.8 Å². The Hall–Kier alpha value is -1.46. The Morgan fingerprint density at radius 2 is 2.22 bits per heavy atom. The summed E-state index contributed by atoms with van der Waals surface area (Å²) in [7, 11) is 0. The van der Waals surface area contributed by atoms with E-state index >= 15 is 0 Å². The summed E-state index contributed by atoms with van der Waals surface area (Å²) in [5.74, 6) is 0. The van der Waals surface area contributed by atoms with Gasteiger partial charge in [0.25, 0.3) is 0 Å². The van der Waals surface area contributed by atoms with Crippen molar-refractivity contribution in [2.75, 3.05) is 6.54 Å². The second kappa shape index (κ2) is 5.93. The van der Waals surface area contributed by atoms with Crippen LogP contribution in [0.2, 0.25) is 0 Å². The van der Waals surface area contributed by atoms with Crippen molar-refractivity contribution in [1.82, 2.24) is 14.9 Å². The third-order valence-corrected chi connectivity index (χ3v) is 3.61. The molecule has 0 amide bonds. The van der Waals surface area contributed by atoms with Crippen molar-refractivity contribution in [3.05, 3.63) is 50.3 Å². The second-order valence-corrected chi connectivity index (χ2v) is 5.67. The Kier molecular flexibility index (Phi) is 4.28. The standard InChI is InChI=1S/C13H17N3OS/c1-10-7-15-13(17)16(9-10)6-5-14-8-12-4-3-11(2)18-12/h3-4,7,9,14H,5-6,8H2,1-2H3. The fraction of sp³-hybridized carbons (Fsp3) is 0.385. The van der Waals surface area contributed by atoms with Crippen molar-refractivity contribution >= 4 is 11.3 Å². The number of aromatic nitrogens is 2. The van der Waals surface area contributed by atoms with Gasteiger partial charge in [0.05, 0.1) is 0 Å². The minimum atomic E-state index is -0.186. The van der Waals surface area contributed by atoms with Crippen molar-refractivity contribution in [1.29, 1.82) is 0 Å². The third kappa shape index (κ3) is 3.51. The topological polar surface area (TPSA) is 46.9 Å². The summed E-state index contributed by atoms with van der Waals surface area (Å²) < 4.78 is 1.64. The lowest BCUT2D eigenvalue weighted by Gasteiger charge is -2.06. The molecule has 2 heterocycles. The molecule has 96 valence electrons. The number of rotatable bonds is 5. The van der Waals surface area contributed by atoms with Crippen LogP contribution in [-0.2, 0) is 13.1 Å². The maximum atomic E-state index is 11.5. The molecule has 2 rings (SSSR count). The molecule has 0 spiro atoms. The van der Waals surface area contributed by atoms with E-state index in [9.17, 15) is 4.79 Å². The predicted molar refractivity (Wildman–Crippen MR) is 74.0 cm³/mol. The second-order valence-electron chi connectivity index (χ2n) is 4.30. The molecule has 0 aliphatic heterocycles. The number of nitrogens with zero attached hydrogens (tertiary/aromatic N) is 2. The van der Waals surface area contributed by atoms with Gasteiger partial charge in [0.1, 0.15) is 0 Å². The van der Waals surface area contributed by atoms with Crippen LogP contribution in [0.5, 0.6) is 0 Å². The molecule has 0 aromatic carbocycles. The van der Waals surface area contributed by atoms with Crippen molar-refractivity contribution in [3.63, 3.8) is 0 Å². The fourth-order valence-electron chi connectivity index (χ4n) is 1.72. The maximum Gasteiger partial charge on any atom is 0.347 e. The summed E-state index contributed by atoms with van der Waals surface area (Å²) in [5, 5.41) is 3.33. The van der Waals surface area contributed by atoms with E-state index in [4.69, 9.17) is 0 Å². The first-order chi connectivity index (χ1) is 8.65. The predicted octanol–water partition coefficient (Wildman–Crippen LogP) is 1.71. The highest BCUT2D eigenvalue weighted by molar-refractivity contribution is 7.11. The first kappa shape index (κ1) is 13.0. The molecule has 0 saturated heterocycles. The van der Waals surface area contributed by atoms with Crippen molar-refractivity contribution in [3.8, 4) is 0 Å². The zero-order chi connectivity index (χ0) is 13.0. The van der Waals surface area contributed by atoms with Crippen molar-refractivity contribution < 1.29 is 0 Å². The summed E-state index contributed by atoms with van der Waals surface area (Å²) in [5.41, 5.74) is 0.817. The number of hydrogen-bond acceptors (Lipinski definition) is 4. The van der Waals surface area contributed by atoms with Gasteiger partial charge in [0.15, 0.2) is 0 Å². The van der Waals surface area contributed by atoms with Gasteiger partial charge in [0, 0.05) is 41.8 Å².